The van der Waals surface area contributed by atoms with Crippen LogP contribution in [0.1, 0.15) is 28.8 Å². The average molecular weight is 321 g/mol. The normalized spacial score (nSPS) is 16.0. The smallest absolute Gasteiger partial charge is 0.255 e. The molecule has 0 radical (unpaired) electrons. The zero-order valence-electron chi connectivity index (χ0n) is 13.3. The molecule has 0 aliphatic carbocycles. The number of nitrogens with one attached hydrogen (secondary N) is 2. The van der Waals surface area contributed by atoms with Gasteiger partial charge in [0.2, 0.25) is 5.91 Å². The Morgan fingerprint density at radius 2 is 1.79 bits per heavy atom. The number of hydrogen-bond acceptors (Lipinski definition) is 3. The highest BCUT2D eigenvalue weighted by Crippen LogP contribution is 2.25. The van der Waals surface area contributed by atoms with E-state index in [-0.39, 0.29) is 11.8 Å². The second kappa shape index (κ2) is 6.00. The Bertz CT molecular complexity index is 793. The van der Waals surface area contributed by atoms with Gasteiger partial charge >= 0.3 is 0 Å². The van der Waals surface area contributed by atoms with Crippen LogP contribution in [-0.4, -0.2) is 24.9 Å². The molecule has 0 atom stereocenters. The fourth-order valence-corrected chi connectivity index (χ4v) is 3.30. The summed E-state index contributed by atoms with van der Waals surface area (Å²) in [7, 11) is 0. The minimum Gasteiger partial charge on any atom is -0.372 e. The van der Waals surface area contributed by atoms with Crippen LogP contribution in [0.5, 0.6) is 0 Å². The summed E-state index contributed by atoms with van der Waals surface area (Å²) in [5.74, 6) is -0.189. The van der Waals surface area contributed by atoms with E-state index < -0.39 is 0 Å². The molecule has 2 aliphatic rings. The minimum absolute atomic E-state index is 0.0277. The highest BCUT2D eigenvalue weighted by atomic mass is 16.2. The molecule has 24 heavy (non-hydrogen) atoms. The maximum atomic E-state index is 12.4. The Balaban J connectivity index is 1.46. The molecule has 2 aromatic carbocycles. The van der Waals surface area contributed by atoms with E-state index in [4.69, 9.17) is 0 Å². The lowest BCUT2D eigenvalue weighted by atomic mass is 10.1. The third-order valence-corrected chi connectivity index (χ3v) is 4.59. The summed E-state index contributed by atoms with van der Waals surface area (Å²) in [6.45, 7) is 2.21. The van der Waals surface area contributed by atoms with Crippen LogP contribution in [0.4, 0.5) is 17.1 Å². The molecule has 122 valence electrons. The third kappa shape index (κ3) is 2.85. The zero-order chi connectivity index (χ0) is 16.5. The monoisotopic (exact) mass is 321 g/mol. The lowest BCUT2D eigenvalue weighted by Crippen LogP contribution is -2.17. The third-order valence-electron chi connectivity index (χ3n) is 4.59. The second-order valence-electron chi connectivity index (χ2n) is 6.29. The number of rotatable bonds is 3. The molecule has 0 bridgehead atoms. The molecule has 0 aromatic heterocycles. The number of carbonyl (C=O) groups is 2. The number of nitrogens with zero attached hydrogens (tertiary/aromatic N) is 1. The topological polar surface area (TPSA) is 61.4 Å². The Hall–Kier alpha value is -2.82. The van der Waals surface area contributed by atoms with E-state index in [0.29, 0.717) is 12.0 Å². The Morgan fingerprint density at radius 1 is 1.04 bits per heavy atom. The van der Waals surface area contributed by atoms with Gasteiger partial charge in [-0.05, 0) is 60.9 Å². The van der Waals surface area contributed by atoms with E-state index in [1.807, 2.05) is 24.3 Å². The summed E-state index contributed by atoms with van der Waals surface area (Å²) in [6.07, 6.45) is 2.82. The van der Waals surface area contributed by atoms with Gasteiger partial charge in [-0.3, -0.25) is 9.59 Å². The summed E-state index contributed by atoms with van der Waals surface area (Å²) < 4.78 is 0. The molecule has 0 unspecified atom stereocenters. The summed E-state index contributed by atoms with van der Waals surface area (Å²) in [4.78, 5) is 26.2. The van der Waals surface area contributed by atoms with E-state index in [0.717, 1.165) is 30.0 Å². The van der Waals surface area contributed by atoms with Gasteiger partial charge in [-0.1, -0.05) is 0 Å². The molecule has 2 heterocycles. The molecule has 2 amide bonds. The van der Waals surface area contributed by atoms with E-state index >= 15 is 0 Å². The maximum absolute atomic E-state index is 12.4. The van der Waals surface area contributed by atoms with Gasteiger partial charge in [0.1, 0.15) is 0 Å². The van der Waals surface area contributed by atoms with Crippen LogP contribution < -0.4 is 15.5 Å². The van der Waals surface area contributed by atoms with Crippen LogP contribution in [0.25, 0.3) is 0 Å². The first kappa shape index (κ1) is 14.8. The van der Waals surface area contributed by atoms with Crippen molar-refractivity contribution in [1.29, 1.82) is 0 Å². The van der Waals surface area contributed by atoms with Crippen molar-refractivity contribution >= 4 is 28.9 Å². The molecule has 4 rings (SSSR count). The number of hydrogen-bond donors (Lipinski definition) is 2. The zero-order valence-corrected chi connectivity index (χ0v) is 13.3. The van der Waals surface area contributed by atoms with Gasteiger partial charge in [0.15, 0.2) is 0 Å². The Labute approximate surface area is 140 Å². The first-order chi connectivity index (χ1) is 11.7. The van der Waals surface area contributed by atoms with Crippen LogP contribution in [-0.2, 0) is 11.2 Å². The predicted molar refractivity (Wildman–Crippen MR) is 94.6 cm³/mol. The molecule has 1 fully saturated rings. The summed E-state index contributed by atoms with van der Waals surface area (Å²) in [5.41, 5.74) is 4.21. The second-order valence-corrected chi connectivity index (χ2v) is 6.29. The van der Waals surface area contributed by atoms with Crippen LogP contribution in [0.3, 0.4) is 0 Å². The average Bonchev–Trinajstić information content (AvgIpc) is 3.23. The summed E-state index contributed by atoms with van der Waals surface area (Å²) in [6, 6.07) is 13.3. The van der Waals surface area contributed by atoms with Crippen molar-refractivity contribution in [1.82, 2.24) is 0 Å². The Morgan fingerprint density at radius 3 is 2.54 bits per heavy atom. The highest BCUT2D eigenvalue weighted by Gasteiger charge is 2.19. The molecule has 2 aromatic rings. The van der Waals surface area contributed by atoms with Crippen molar-refractivity contribution in [2.45, 2.75) is 19.3 Å². The molecule has 0 spiro atoms. The first-order valence-electron chi connectivity index (χ1n) is 8.28. The lowest BCUT2D eigenvalue weighted by Gasteiger charge is -2.17. The van der Waals surface area contributed by atoms with E-state index in [1.54, 1.807) is 18.2 Å². The molecular formula is C19H19N3O2. The molecular weight excluding hydrogens is 302 g/mol. The standard InChI is InChI=1S/C19H19N3O2/c23-18-12-14-11-13(3-8-17(14)21-18)19(24)20-15-4-6-16(7-5-15)22-9-1-2-10-22/h3-8,11H,1-2,9-10,12H2,(H,20,24)(H,21,23). The van der Waals surface area contributed by atoms with Crippen molar-refractivity contribution in [3.05, 3.63) is 53.6 Å². The summed E-state index contributed by atoms with van der Waals surface area (Å²) in [5, 5.41) is 5.69. The van der Waals surface area contributed by atoms with Crippen molar-refractivity contribution in [2.75, 3.05) is 28.6 Å². The van der Waals surface area contributed by atoms with Crippen LogP contribution in [0.15, 0.2) is 42.5 Å². The van der Waals surface area contributed by atoms with Crippen molar-refractivity contribution in [2.24, 2.45) is 0 Å². The van der Waals surface area contributed by atoms with Gasteiger partial charge in [-0.2, -0.15) is 0 Å². The predicted octanol–water partition coefficient (Wildman–Crippen LogP) is 3.03. The lowest BCUT2D eigenvalue weighted by molar-refractivity contribution is -0.115. The van der Waals surface area contributed by atoms with Crippen LogP contribution in [0, 0.1) is 0 Å². The van der Waals surface area contributed by atoms with Gasteiger partial charge in [-0.25, -0.2) is 0 Å². The number of carbonyl (C=O) groups excluding carboxylic acids is 2. The fraction of sp³-hybridized carbons (Fsp3) is 0.263. The van der Waals surface area contributed by atoms with Gasteiger partial charge in [0.25, 0.3) is 5.91 Å². The molecule has 5 nitrogen and oxygen atoms in total. The number of fused-ring (bicyclic) bond motifs is 1. The SMILES string of the molecule is O=C1Cc2cc(C(=O)Nc3ccc(N4CCCC4)cc3)ccc2N1. The maximum Gasteiger partial charge on any atom is 0.255 e. The van der Waals surface area contributed by atoms with Crippen molar-refractivity contribution in [3.63, 3.8) is 0 Å². The van der Waals surface area contributed by atoms with E-state index in [1.165, 1.54) is 18.5 Å². The largest absolute Gasteiger partial charge is 0.372 e. The highest BCUT2D eigenvalue weighted by molar-refractivity contribution is 6.06. The molecule has 2 N–H and O–H groups in total. The van der Waals surface area contributed by atoms with Gasteiger partial charge in [0.05, 0.1) is 6.42 Å². The van der Waals surface area contributed by atoms with Crippen LogP contribution in [0.2, 0.25) is 0 Å². The van der Waals surface area contributed by atoms with Crippen LogP contribution >= 0.6 is 0 Å². The number of amides is 2. The van der Waals surface area contributed by atoms with Gasteiger partial charge in [-0.15, -0.1) is 0 Å². The van der Waals surface area contributed by atoms with Gasteiger partial charge < -0.3 is 15.5 Å². The molecule has 0 saturated carbocycles. The number of benzene rings is 2. The van der Waals surface area contributed by atoms with Gasteiger partial charge in [0, 0.05) is 35.7 Å². The van der Waals surface area contributed by atoms with Crippen molar-refractivity contribution < 1.29 is 9.59 Å². The molecule has 2 aliphatic heterocycles. The number of anilines is 3. The van der Waals surface area contributed by atoms with E-state index in [2.05, 4.69) is 15.5 Å². The van der Waals surface area contributed by atoms with E-state index in [9.17, 15) is 9.59 Å². The quantitative estimate of drug-likeness (QED) is 0.913. The molecule has 5 heteroatoms. The first-order valence-corrected chi connectivity index (χ1v) is 8.28. The van der Waals surface area contributed by atoms with Crippen molar-refractivity contribution in [3.8, 4) is 0 Å². The fourth-order valence-electron chi connectivity index (χ4n) is 3.30. The Kier molecular flexibility index (Phi) is 3.69. The minimum atomic E-state index is -0.161. The summed E-state index contributed by atoms with van der Waals surface area (Å²) >= 11 is 0. The molecule has 1 saturated heterocycles.